The summed E-state index contributed by atoms with van der Waals surface area (Å²) in [4.78, 5) is 16.1. The van der Waals surface area contributed by atoms with Gasteiger partial charge in [0.1, 0.15) is 0 Å². The van der Waals surface area contributed by atoms with E-state index in [0.717, 1.165) is 25.2 Å². The summed E-state index contributed by atoms with van der Waals surface area (Å²) in [5, 5.41) is 6.23. The molecule has 0 aliphatic heterocycles. The number of hydrogen-bond acceptors (Lipinski definition) is 3. The van der Waals surface area contributed by atoms with Gasteiger partial charge in [0.2, 0.25) is 0 Å². The summed E-state index contributed by atoms with van der Waals surface area (Å²) in [6.07, 6.45) is 2.77. The van der Waals surface area contributed by atoms with Crippen molar-refractivity contribution in [2.75, 3.05) is 13.1 Å². The number of benzene rings is 1. The Kier molecular flexibility index (Phi) is 5.91. The standard InChI is InChI=1S/C17H21N3O/c1-14-8-9-16(20-12-14)13-18-10-5-11-19-17(21)15-6-3-2-4-7-15/h2-4,6-9,12,18H,5,10-11,13H2,1H3,(H,19,21). The smallest absolute Gasteiger partial charge is 0.251 e. The first kappa shape index (κ1) is 15.2. The molecule has 0 fully saturated rings. The Bertz CT molecular complexity index is 552. The average molecular weight is 283 g/mol. The summed E-state index contributed by atoms with van der Waals surface area (Å²) < 4.78 is 0. The Morgan fingerprint density at radius 1 is 1.10 bits per heavy atom. The van der Waals surface area contributed by atoms with E-state index < -0.39 is 0 Å². The number of amides is 1. The summed E-state index contributed by atoms with van der Waals surface area (Å²) in [6.45, 7) is 4.30. The molecule has 4 heteroatoms. The number of carbonyl (C=O) groups is 1. The highest BCUT2D eigenvalue weighted by molar-refractivity contribution is 5.94. The summed E-state index contributed by atoms with van der Waals surface area (Å²) in [7, 11) is 0. The number of pyridine rings is 1. The molecule has 2 aromatic rings. The van der Waals surface area contributed by atoms with Crippen LogP contribution in [-0.4, -0.2) is 24.0 Å². The molecule has 2 N–H and O–H groups in total. The van der Waals surface area contributed by atoms with E-state index in [9.17, 15) is 4.79 Å². The zero-order valence-corrected chi connectivity index (χ0v) is 12.3. The maximum absolute atomic E-state index is 11.8. The minimum absolute atomic E-state index is 0.0178. The first-order valence-corrected chi connectivity index (χ1v) is 7.21. The van der Waals surface area contributed by atoms with Crippen LogP contribution in [-0.2, 0) is 6.54 Å². The topological polar surface area (TPSA) is 54.0 Å². The van der Waals surface area contributed by atoms with Gasteiger partial charge in [-0.1, -0.05) is 24.3 Å². The monoisotopic (exact) mass is 283 g/mol. The van der Waals surface area contributed by atoms with Crippen molar-refractivity contribution in [3.63, 3.8) is 0 Å². The molecule has 1 aromatic carbocycles. The Labute approximate surface area is 125 Å². The van der Waals surface area contributed by atoms with Gasteiger partial charge in [-0.3, -0.25) is 9.78 Å². The van der Waals surface area contributed by atoms with Crippen molar-refractivity contribution in [3.05, 3.63) is 65.5 Å². The van der Waals surface area contributed by atoms with Crippen molar-refractivity contribution in [2.24, 2.45) is 0 Å². The Morgan fingerprint density at radius 3 is 2.62 bits per heavy atom. The number of aromatic nitrogens is 1. The highest BCUT2D eigenvalue weighted by Gasteiger charge is 2.02. The van der Waals surface area contributed by atoms with Gasteiger partial charge in [-0.25, -0.2) is 0 Å². The zero-order valence-electron chi connectivity index (χ0n) is 12.3. The van der Waals surface area contributed by atoms with E-state index in [1.165, 1.54) is 5.56 Å². The lowest BCUT2D eigenvalue weighted by Gasteiger charge is -2.06. The number of rotatable bonds is 7. The van der Waals surface area contributed by atoms with Crippen molar-refractivity contribution in [1.29, 1.82) is 0 Å². The SMILES string of the molecule is Cc1ccc(CNCCCNC(=O)c2ccccc2)nc1. The molecule has 1 heterocycles. The number of hydrogen-bond donors (Lipinski definition) is 2. The number of nitrogens with one attached hydrogen (secondary N) is 2. The maximum atomic E-state index is 11.8. The third-order valence-corrected chi connectivity index (χ3v) is 3.13. The molecular formula is C17H21N3O. The van der Waals surface area contributed by atoms with Gasteiger partial charge in [-0.15, -0.1) is 0 Å². The third-order valence-electron chi connectivity index (χ3n) is 3.13. The van der Waals surface area contributed by atoms with Gasteiger partial charge in [0.05, 0.1) is 5.69 Å². The Hall–Kier alpha value is -2.20. The van der Waals surface area contributed by atoms with Crippen LogP contribution < -0.4 is 10.6 Å². The van der Waals surface area contributed by atoms with Gasteiger partial charge >= 0.3 is 0 Å². The molecular weight excluding hydrogens is 262 g/mol. The van der Waals surface area contributed by atoms with E-state index in [-0.39, 0.29) is 5.91 Å². The highest BCUT2D eigenvalue weighted by atomic mass is 16.1. The first-order chi connectivity index (χ1) is 10.3. The molecule has 0 atom stereocenters. The van der Waals surface area contributed by atoms with E-state index in [0.29, 0.717) is 12.1 Å². The van der Waals surface area contributed by atoms with Crippen LogP contribution in [0.4, 0.5) is 0 Å². The molecule has 1 aromatic heterocycles. The molecule has 0 unspecified atom stereocenters. The number of carbonyl (C=O) groups excluding carboxylic acids is 1. The predicted molar refractivity (Wildman–Crippen MR) is 84.1 cm³/mol. The molecule has 0 saturated heterocycles. The molecule has 0 bridgehead atoms. The molecule has 0 aliphatic rings. The second-order valence-electron chi connectivity index (χ2n) is 4.98. The van der Waals surface area contributed by atoms with Gasteiger partial charge < -0.3 is 10.6 Å². The normalized spacial score (nSPS) is 10.3. The van der Waals surface area contributed by atoms with E-state index in [4.69, 9.17) is 0 Å². The van der Waals surface area contributed by atoms with Crippen molar-refractivity contribution < 1.29 is 4.79 Å². The fourth-order valence-electron chi connectivity index (χ4n) is 1.93. The van der Waals surface area contributed by atoms with E-state index >= 15 is 0 Å². The lowest BCUT2D eigenvalue weighted by atomic mass is 10.2. The fraction of sp³-hybridized carbons (Fsp3) is 0.294. The molecule has 4 nitrogen and oxygen atoms in total. The van der Waals surface area contributed by atoms with Crippen molar-refractivity contribution in [2.45, 2.75) is 19.9 Å². The molecule has 0 saturated carbocycles. The Balaban J connectivity index is 1.58. The number of nitrogens with zero attached hydrogens (tertiary/aromatic N) is 1. The minimum Gasteiger partial charge on any atom is -0.352 e. The summed E-state index contributed by atoms with van der Waals surface area (Å²) in [5.41, 5.74) is 2.91. The van der Waals surface area contributed by atoms with Gasteiger partial charge in [0.25, 0.3) is 5.91 Å². The summed E-state index contributed by atoms with van der Waals surface area (Å²) >= 11 is 0. The van der Waals surface area contributed by atoms with Gasteiger partial charge in [-0.05, 0) is 43.7 Å². The molecule has 0 spiro atoms. The predicted octanol–water partition coefficient (Wildman–Crippen LogP) is 2.30. The van der Waals surface area contributed by atoms with Crippen LogP contribution in [0, 0.1) is 6.92 Å². The van der Waals surface area contributed by atoms with Gasteiger partial charge in [0, 0.05) is 24.8 Å². The van der Waals surface area contributed by atoms with Crippen LogP contribution >= 0.6 is 0 Å². The molecule has 1 amide bonds. The maximum Gasteiger partial charge on any atom is 0.251 e. The molecule has 110 valence electrons. The van der Waals surface area contributed by atoms with Crippen molar-refractivity contribution in [3.8, 4) is 0 Å². The lowest BCUT2D eigenvalue weighted by molar-refractivity contribution is 0.0953. The third kappa shape index (κ3) is 5.36. The minimum atomic E-state index is -0.0178. The average Bonchev–Trinajstić information content (AvgIpc) is 2.53. The number of aryl methyl sites for hydroxylation is 1. The quantitative estimate of drug-likeness (QED) is 0.767. The summed E-state index contributed by atoms with van der Waals surface area (Å²) in [6, 6.07) is 13.4. The van der Waals surface area contributed by atoms with Crippen molar-refractivity contribution in [1.82, 2.24) is 15.6 Å². The second-order valence-corrected chi connectivity index (χ2v) is 4.98. The van der Waals surface area contributed by atoms with E-state index in [1.54, 1.807) is 0 Å². The van der Waals surface area contributed by atoms with Crippen LogP contribution in [0.25, 0.3) is 0 Å². The summed E-state index contributed by atoms with van der Waals surface area (Å²) in [5.74, 6) is -0.0178. The molecule has 21 heavy (non-hydrogen) atoms. The van der Waals surface area contributed by atoms with Crippen LogP contribution in [0.2, 0.25) is 0 Å². The molecule has 0 aliphatic carbocycles. The van der Waals surface area contributed by atoms with E-state index in [2.05, 4.69) is 21.7 Å². The zero-order chi connectivity index (χ0) is 14.9. The van der Waals surface area contributed by atoms with Crippen LogP contribution in [0.5, 0.6) is 0 Å². The van der Waals surface area contributed by atoms with Gasteiger partial charge in [0.15, 0.2) is 0 Å². The van der Waals surface area contributed by atoms with Crippen LogP contribution in [0.1, 0.15) is 28.0 Å². The molecule has 2 rings (SSSR count). The Morgan fingerprint density at radius 2 is 1.90 bits per heavy atom. The lowest BCUT2D eigenvalue weighted by Crippen LogP contribution is -2.27. The van der Waals surface area contributed by atoms with Gasteiger partial charge in [-0.2, -0.15) is 0 Å². The fourth-order valence-corrected chi connectivity index (χ4v) is 1.93. The molecule has 0 radical (unpaired) electrons. The largest absolute Gasteiger partial charge is 0.352 e. The van der Waals surface area contributed by atoms with Crippen LogP contribution in [0.15, 0.2) is 48.7 Å². The van der Waals surface area contributed by atoms with Crippen molar-refractivity contribution >= 4 is 5.91 Å². The first-order valence-electron chi connectivity index (χ1n) is 7.21. The van der Waals surface area contributed by atoms with E-state index in [1.807, 2.05) is 49.5 Å². The van der Waals surface area contributed by atoms with Crippen LogP contribution in [0.3, 0.4) is 0 Å². The highest BCUT2D eigenvalue weighted by Crippen LogP contribution is 1.98. The second kappa shape index (κ2) is 8.17.